The maximum atomic E-state index is 11.6. The molecule has 1 N–H and O–H groups in total. The Morgan fingerprint density at radius 3 is 2.74 bits per heavy atom. The zero-order valence-electron chi connectivity index (χ0n) is 14.7. The Kier molecular flexibility index (Phi) is 4.74. The molecule has 0 radical (unpaired) electrons. The van der Waals surface area contributed by atoms with Gasteiger partial charge in [0.05, 0.1) is 35.8 Å². The highest BCUT2D eigenvalue weighted by Gasteiger charge is 2.19. The van der Waals surface area contributed by atoms with Gasteiger partial charge in [-0.3, -0.25) is 19.7 Å². The summed E-state index contributed by atoms with van der Waals surface area (Å²) in [5.41, 5.74) is 1.73. The van der Waals surface area contributed by atoms with E-state index in [0.29, 0.717) is 23.2 Å². The summed E-state index contributed by atoms with van der Waals surface area (Å²) in [7, 11) is 0. The molecule has 1 aromatic heterocycles. The summed E-state index contributed by atoms with van der Waals surface area (Å²) in [5, 5.41) is 26.6. The van der Waals surface area contributed by atoms with Crippen molar-refractivity contribution >= 4 is 16.6 Å². The maximum Gasteiger partial charge on any atom is 0.278 e. The molecule has 1 aliphatic heterocycles. The molecular weight excluding hydrogens is 348 g/mol. The molecule has 0 spiro atoms. The Balaban J connectivity index is 1.65. The number of aromatic hydroxyl groups is 1. The van der Waals surface area contributed by atoms with Gasteiger partial charge in [0.25, 0.3) is 5.69 Å². The van der Waals surface area contributed by atoms with E-state index in [1.807, 2.05) is 10.9 Å². The fraction of sp³-hybridized carbons (Fsp3) is 0.316. The molecule has 0 saturated carbocycles. The summed E-state index contributed by atoms with van der Waals surface area (Å²) in [6, 6.07) is 9.72. The molecule has 1 aliphatic rings. The van der Waals surface area contributed by atoms with Crippen LogP contribution in [-0.2, 0) is 11.3 Å². The topological polar surface area (TPSA) is 93.7 Å². The van der Waals surface area contributed by atoms with Crippen molar-refractivity contribution in [3.8, 4) is 16.9 Å². The summed E-state index contributed by atoms with van der Waals surface area (Å²) in [6.07, 6.45) is 1.84. The van der Waals surface area contributed by atoms with Gasteiger partial charge in [-0.2, -0.15) is 5.10 Å². The Morgan fingerprint density at radius 1 is 1.19 bits per heavy atom. The molecule has 8 heteroatoms. The number of ether oxygens (including phenoxy) is 1. The summed E-state index contributed by atoms with van der Waals surface area (Å²) in [6.45, 7) is 4.89. The lowest BCUT2D eigenvalue weighted by Crippen LogP contribution is -2.38. The number of phenolic OH excluding ortho intramolecular Hbond substituents is 1. The molecule has 0 aliphatic carbocycles. The van der Waals surface area contributed by atoms with E-state index in [0.717, 1.165) is 38.2 Å². The van der Waals surface area contributed by atoms with Crippen molar-refractivity contribution in [2.75, 3.05) is 32.8 Å². The third kappa shape index (κ3) is 3.76. The predicted molar refractivity (Wildman–Crippen MR) is 101 cm³/mol. The van der Waals surface area contributed by atoms with Crippen LogP contribution >= 0.6 is 0 Å². The first-order valence-electron chi connectivity index (χ1n) is 8.85. The molecule has 3 aromatic rings. The van der Waals surface area contributed by atoms with E-state index in [1.54, 1.807) is 24.3 Å². The zero-order valence-corrected chi connectivity index (χ0v) is 14.7. The number of nitro benzene ring substituents is 1. The number of fused-ring (bicyclic) bond motifs is 1. The van der Waals surface area contributed by atoms with Crippen molar-refractivity contribution in [3.05, 3.63) is 52.7 Å². The molecule has 0 atom stereocenters. The Bertz CT molecular complexity index is 979. The van der Waals surface area contributed by atoms with Crippen LogP contribution < -0.4 is 0 Å². The van der Waals surface area contributed by atoms with Crippen LogP contribution in [0.4, 0.5) is 5.69 Å². The fourth-order valence-electron chi connectivity index (χ4n) is 3.35. The number of phenols is 1. The van der Waals surface area contributed by atoms with Crippen LogP contribution in [-0.4, -0.2) is 57.6 Å². The van der Waals surface area contributed by atoms with Gasteiger partial charge in [-0.1, -0.05) is 12.1 Å². The molecule has 0 bridgehead atoms. The second-order valence-corrected chi connectivity index (χ2v) is 6.58. The second-order valence-electron chi connectivity index (χ2n) is 6.58. The highest BCUT2D eigenvalue weighted by molar-refractivity contribution is 5.90. The molecule has 0 amide bonds. The summed E-state index contributed by atoms with van der Waals surface area (Å²) in [5.74, 6) is 0.0675. The lowest BCUT2D eigenvalue weighted by atomic mass is 10.0. The van der Waals surface area contributed by atoms with Crippen LogP contribution in [0.15, 0.2) is 42.6 Å². The van der Waals surface area contributed by atoms with E-state index < -0.39 is 4.92 Å². The molecule has 0 unspecified atom stereocenters. The van der Waals surface area contributed by atoms with Gasteiger partial charge in [-0.25, -0.2) is 0 Å². The van der Waals surface area contributed by atoms with Gasteiger partial charge in [0.1, 0.15) is 5.75 Å². The van der Waals surface area contributed by atoms with Crippen molar-refractivity contribution in [2.45, 2.75) is 6.54 Å². The van der Waals surface area contributed by atoms with Gasteiger partial charge in [0.2, 0.25) is 0 Å². The summed E-state index contributed by atoms with van der Waals surface area (Å²) in [4.78, 5) is 13.5. The SMILES string of the molecule is O=[N+]([O-])c1cc2cn(CCN3CCOCC3)nc2cc1-c1cccc(O)c1. The molecule has 4 rings (SSSR count). The monoisotopic (exact) mass is 368 g/mol. The fourth-order valence-corrected chi connectivity index (χ4v) is 3.35. The first-order chi connectivity index (χ1) is 13.1. The molecule has 2 heterocycles. The van der Waals surface area contributed by atoms with Crippen molar-refractivity contribution in [3.63, 3.8) is 0 Å². The highest BCUT2D eigenvalue weighted by Crippen LogP contribution is 2.34. The minimum atomic E-state index is -0.399. The molecule has 27 heavy (non-hydrogen) atoms. The van der Waals surface area contributed by atoms with Gasteiger partial charge in [0, 0.05) is 37.3 Å². The number of rotatable bonds is 5. The average molecular weight is 368 g/mol. The van der Waals surface area contributed by atoms with Gasteiger partial charge >= 0.3 is 0 Å². The summed E-state index contributed by atoms with van der Waals surface area (Å²) < 4.78 is 7.18. The third-order valence-electron chi connectivity index (χ3n) is 4.77. The van der Waals surface area contributed by atoms with Crippen LogP contribution in [0.2, 0.25) is 0 Å². The lowest BCUT2D eigenvalue weighted by molar-refractivity contribution is -0.384. The number of aromatic nitrogens is 2. The largest absolute Gasteiger partial charge is 0.508 e. The van der Waals surface area contributed by atoms with E-state index in [2.05, 4.69) is 10.00 Å². The molecule has 1 saturated heterocycles. The standard InChI is InChI=1S/C19H20N4O4/c24-16-3-1-2-14(10-16)17-12-18-15(11-19(17)23(25)26)13-22(20-18)5-4-21-6-8-27-9-7-21/h1-3,10-13,24H,4-9H2. The smallest absolute Gasteiger partial charge is 0.278 e. The number of benzene rings is 2. The molecule has 140 valence electrons. The maximum absolute atomic E-state index is 11.6. The van der Waals surface area contributed by atoms with Crippen molar-refractivity contribution < 1.29 is 14.8 Å². The first-order valence-corrected chi connectivity index (χ1v) is 8.85. The minimum absolute atomic E-state index is 0.000768. The highest BCUT2D eigenvalue weighted by atomic mass is 16.6. The zero-order chi connectivity index (χ0) is 18.8. The normalized spacial score (nSPS) is 15.3. The van der Waals surface area contributed by atoms with Crippen LogP contribution in [0, 0.1) is 10.1 Å². The van der Waals surface area contributed by atoms with E-state index in [-0.39, 0.29) is 11.4 Å². The van der Waals surface area contributed by atoms with Crippen LogP contribution in [0.25, 0.3) is 22.0 Å². The minimum Gasteiger partial charge on any atom is -0.508 e. The van der Waals surface area contributed by atoms with Crippen LogP contribution in [0.3, 0.4) is 0 Å². The molecule has 1 fully saturated rings. The number of nitrogens with zero attached hydrogens (tertiary/aromatic N) is 4. The van der Waals surface area contributed by atoms with E-state index in [1.165, 1.54) is 12.1 Å². The Labute approximate surface area is 155 Å². The quantitative estimate of drug-likeness (QED) is 0.550. The van der Waals surface area contributed by atoms with E-state index >= 15 is 0 Å². The number of hydrogen-bond acceptors (Lipinski definition) is 6. The Morgan fingerprint density at radius 2 is 2.00 bits per heavy atom. The predicted octanol–water partition coefficient (Wildman–Crippen LogP) is 2.65. The summed E-state index contributed by atoms with van der Waals surface area (Å²) >= 11 is 0. The van der Waals surface area contributed by atoms with Crippen molar-refractivity contribution in [1.29, 1.82) is 0 Å². The Hall–Kier alpha value is -2.97. The molecular formula is C19H20N4O4. The van der Waals surface area contributed by atoms with Crippen LogP contribution in [0.1, 0.15) is 0 Å². The first kappa shape index (κ1) is 17.4. The number of hydrogen-bond donors (Lipinski definition) is 1. The molecule has 8 nitrogen and oxygen atoms in total. The second kappa shape index (κ2) is 7.34. The van der Waals surface area contributed by atoms with Gasteiger partial charge in [0.15, 0.2) is 0 Å². The number of nitro groups is 1. The van der Waals surface area contributed by atoms with E-state index in [4.69, 9.17) is 4.74 Å². The van der Waals surface area contributed by atoms with Gasteiger partial charge in [-0.05, 0) is 23.8 Å². The lowest BCUT2D eigenvalue weighted by Gasteiger charge is -2.26. The van der Waals surface area contributed by atoms with Crippen molar-refractivity contribution in [2.24, 2.45) is 0 Å². The number of morpholine rings is 1. The van der Waals surface area contributed by atoms with Crippen molar-refractivity contribution in [1.82, 2.24) is 14.7 Å². The van der Waals surface area contributed by atoms with E-state index in [9.17, 15) is 15.2 Å². The van der Waals surface area contributed by atoms with Gasteiger partial charge < -0.3 is 9.84 Å². The van der Waals surface area contributed by atoms with Gasteiger partial charge in [-0.15, -0.1) is 0 Å². The third-order valence-corrected chi connectivity index (χ3v) is 4.77. The average Bonchev–Trinajstić information content (AvgIpc) is 3.08. The van der Waals surface area contributed by atoms with Crippen LogP contribution in [0.5, 0.6) is 5.75 Å². The molecule has 2 aromatic carbocycles.